The van der Waals surface area contributed by atoms with Gasteiger partial charge in [0.25, 0.3) is 0 Å². The monoisotopic (exact) mass is 308 g/mol. The molecule has 0 bridgehead atoms. The molecule has 112 valence electrons. The molecule has 5 heteroatoms. The van der Waals surface area contributed by atoms with Crippen LogP contribution in [0.15, 0.2) is 36.4 Å². The van der Waals surface area contributed by atoms with Crippen molar-refractivity contribution in [3.63, 3.8) is 0 Å². The molecule has 4 nitrogen and oxygen atoms in total. The number of methoxy groups -OCH3 is 2. The highest BCUT2D eigenvalue weighted by molar-refractivity contribution is 6.30. The van der Waals surface area contributed by atoms with Gasteiger partial charge >= 0.3 is 0 Å². The van der Waals surface area contributed by atoms with E-state index in [0.717, 1.165) is 11.1 Å². The Morgan fingerprint density at radius 2 is 1.67 bits per heavy atom. The van der Waals surface area contributed by atoms with Gasteiger partial charge in [0.1, 0.15) is 12.4 Å². The summed E-state index contributed by atoms with van der Waals surface area (Å²) >= 11 is 5.99. The summed E-state index contributed by atoms with van der Waals surface area (Å²) in [5.74, 6) is 1.88. The van der Waals surface area contributed by atoms with Crippen molar-refractivity contribution in [2.24, 2.45) is 0 Å². The fourth-order valence-electron chi connectivity index (χ4n) is 1.95. The molecule has 0 aliphatic rings. The van der Waals surface area contributed by atoms with Gasteiger partial charge in [-0.1, -0.05) is 17.7 Å². The van der Waals surface area contributed by atoms with Gasteiger partial charge in [-0.2, -0.15) is 0 Å². The Kier molecular flexibility index (Phi) is 5.31. The van der Waals surface area contributed by atoms with Crippen molar-refractivity contribution in [1.82, 2.24) is 0 Å². The van der Waals surface area contributed by atoms with Crippen molar-refractivity contribution >= 4 is 11.6 Å². The van der Waals surface area contributed by atoms with Crippen LogP contribution < -0.4 is 14.2 Å². The minimum Gasteiger partial charge on any atom is -0.496 e. The molecule has 0 saturated heterocycles. The fourth-order valence-corrected chi connectivity index (χ4v) is 2.14. The molecule has 0 fully saturated rings. The Labute approximate surface area is 128 Å². The summed E-state index contributed by atoms with van der Waals surface area (Å²) in [4.78, 5) is 0. The number of benzene rings is 2. The second kappa shape index (κ2) is 7.20. The van der Waals surface area contributed by atoms with Crippen LogP contribution in [0.1, 0.15) is 11.1 Å². The summed E-state index contributed by atoms with van der Waals surface area (Å²) in [7, 11) is 3.16. The molecule has 0 spiro atoms. The van der Waals surface area contributed by atoms with E-state index in [1.807, 2.05) is 0 Å². The molecule has 2 aromatic carbocycles. The van der Waals surface area contributed by atoms with E-state index < -0.39 is 0 Å². The number of rotatable bonds is 6. The minimum absolute atomic E-state index is 0.0429. The SMILES string of the molecule is COc1ccc(Cl)cc1COc1ccc(CO)cc1OC. The quantitative estimate of drug-likeness (QED) is 0.888. The maximum Gasteiger partial charge on any atom is 0.161 e. The molecule has 2 aromatic rings. The topological polar surface area (TPSA) is 47.9 Å². The molecule has 0 radical (unpaired) electrons. The molecule has 2 rings (SSSR count). The van der Waals surface area contributed by atoms with Crippen LogP contribution >= 0.6 is 11.6 Å². The minimum atomic E-state index is -0.0429. The van der Waals surface area contributed by atoms with Crippen LogP contribution in [0, 0.1) is 0 Å². The number of halogens is 1. The van der Waals surface area contributed by atoms with E-state index in [-0.39, 0.29) is 6.61 Å². The predicted octanol–water partition coefficient (Wildman–Crippen LogP) is 3.43. The lowest BCUT2D eigenvalue weighted by molar-refractivity contribution is 0.271. The third-order valence-corrected chi connectivity index (χ3v) is 3.27. The van der Waals surface area contributed by atoms with E-state index in [1.165, 1.54) is 0 Å². The second-order valence-corrected chi connectivity index (χ2v) is 4.82. The Balaban J connectivity index is 2.18. The lowest BCUT2D eigenvalue weighted by Crippen LogP contribution is -2.00. The van der Waals surface area contributed by atoms with Gasteiger partial charge in [0.2, 0.25) is 0 Å². The molecule has 0 aliphatic carbocycles. The average molecular weight is 309 g/mol. The van der Waals surface area contributed by atoms with Gasteiger partial charge < -0.3 is 19.3 Å². The third kappa shape index (κ3) is 3.80. The van der Waals surface area contributed by atoms with Gasteiger partial charge in [0.05, 0.1) is 20.8 Å². The highest BCUT2D eigenvalue weighted by atomic mass is 35.5. The van der Waals surface area contributed by atoms with E-state index in [2.05, 4.69) is 0 Å². The van der Waals surface area contributed by atoms with Crippen LogP contribution in [0.3, 0.4) is 0 Å². The molecule has 0 amide bonds. The van der Waals surface area contributed by atoms with Crippen molar-refractivity contribution in [1.29, 1.82) is 0 Å². The number of hydrogen-bond donors (Lipinski definition) is 1. The van der Waals surface area contributed by atoms with Crippen molar-refractivity contribution < 1.29 is 19.3 Å². The summed E-state index contributed by atoms with van der Waals surface area (Å²) in [6.07, 6.45) is 0. The van der Waals surface area contributed by atoms with E-state index in [1.54, 1.807) is 50.6 Å². The van der Waals surface area contributed by atoms with Crippen molar-refractivity contribution in [3.05, 3.63) is 52.5 Å². The first kappa shape index (κ1) is 15.5. The second-order valence-electron chi connectivity index (χ2n) is 4.39. The molecule has 0 atom stereocenters. The Morgan fingerprint density at radius 3 is 2.33 bits per heavy atom. The zero-order chi connectivity index (χ0) is 15.2. The number of aliphatic hydroxyl groups is 1. The van der Waals surface area contributed by atoms with E-state index in [4.69, 9.17) is 30.9 Å². The molecular weight excluding hydrogens is 292 g/mol. The summed E-state index contributed by atoms with van der Waals surface area (Å²) in [6, 6.07) is 10.7. The lowest BCUT2D eigenvalue weighted by atomic mass is 10.2. The van der Waals surface area contributed by atoms with Crippen LogP contribution in [0.4, 0.5) is 0 Å². The zero-order valence-corrected chi connectivity index (χ0v) is 12.7. The molecule has 0 aliphatic heterocycles. The van der Waals surface area contributed by atoms with E-state index in [9.17, 15) is 0 Å². The van der Waals surface area contributed by atoms with Crippen LogP contribution in [0.2, 0.25) is 5.02 Å². The standard InChI is InChI=1S/C16H17ClO4/c1-19-14-6-4-13(17)8-12(14)10-21-15-5-3-11(9-18)7-16(15)20-2/h3-8,18H,9-10H2,1-2H3. The van der Waals surface area contributed by atoms with Gasteiger partial charge in [-0.25, -0.2) is 0 Å². The van der Waals surface area contributed by atoms with Crippen molar-refractivity contribution in [2.45, 2.75) is 13.2 Å². The first-order valence-corrected chi connectivity index (χ1v) is 6.78. The highest BCUT2D eigenvalue weighted by Gasteiger charge is 2.09. The van der Waals surface area contributed by atoms with Crippen molar-refractivity contribution in [3.8, 4) is 17.2 Å². The molecule has 0 heterocycles. The van der Waals surface area contributed by atoms with Crippen molar-refractivity contribution in [2.75, 3.05) is 14.2 Å². The maximum atomic E-state index is 9.13. The van der Waals surface area contributed by atoms with Gasteiger partial charge in [-0.3, -0.25) is 0 Å². The lowest BCUT2D eigenvalue weighted by Gasteiger charge is -2.13. The average Bonchev–Trinajstić information content (AvgIpc) is 2.52. The van der Waals surface area contributed by atoms with Gasteiger partial charge in [0, 0.05) is 10.6 Å². The summed E-state index contributed by atoms with van der Waals surface area (Å²) < 4.78 is 16.3. The normalized spacial score (nSPS) is 10.3. The Hall–Kier alpha value is -1.91. The van der Waals surface area contributed by atoms with E-state index in [0.29, 0.717) is 28.9 Å². The number of aliphatic hydroxyl groups excluding tert-OH is 1. The molecular formula is C16H17ClO4. The zero-order valence-electron chi connectivity index (χ0n) is 11.9. The largest absolute Gasteiger partial charge is 0.496 e. The summed E-state index contributed by atoms with van der Waals surface area (Å²) in [5.41, 5.74) is 1.61. The maximum absolute atomic E-state index is 9.13. The molecule has 0 saturated carbocycles. The first-order valence-electron chi connectivity index (χ1n) is 6.41. The van der Waals surface area contributed by atoms with Gasteiger partial charge in [-0.05, 0) is 35.9 Å². The Morgan fingerprint density at radius 1 is 0.952 bits per heavy atom. The number of hydrogen-bond acceptors (Lipinski definition) is 4. The predicted molar refractivity (Wildman–Crippen MR) is 81.3 cm³/mol. The van der Waals surface area contributed by atoms with Crippen LogP contribution in [-0.2, 0) is 13.2 Å². The Bertz CT molecular complexity index is 613. The van der Waals surface area contributed by atoms with E-state index >= 15 is 0 Å². The molecule has 0 unspecified atom stereocenters. The first-order chi connectivity index (χ1) is 10.2. The molecule has 0 aromatic heterocycles. The molecule has 1 N–H and O–H groups in total. The molecule has 21 heavy (non-hydrogen) atoms. The third-order valence-electron chi connectivity index (χ3n) is 3.04. The highest BCUT2D eigenvalue weighted by Crippen LogP contribution is 2.30. The van der Waals surface area contributed by atoms with Crippen LogP contribution in [0.5, 0.6) is 17.2 Å². The fraction of sp³-hybridized carbons (Fsp3) is 0.250. The van der Waals surface area contributed by atoms with Crippen LogP contribution in [0.25, 0.3) is 0 Å². The number of ether oxygens (including phenoxy) is 3. The van der Waals surface area contributed by atoms with Crippen LogP contribution in [-0.4, -0.2) is 19.3 Å². The summed E-state index contributed by atoms with van der Waals surface area (Å²) in [6.45, 7) is 0.261. The summed E-state index contributed by atoms with van der Waals surface area (Å²) in [5, 5.41) is 9.75. The van der Waals surface area contributed by atoms with Gasteiger partial charge in [0.15, 0.2) is 11.5 Å². The van der Waals surface area contributed by atoms with Gasteiger partial charge in [-0.15, -0.1) is 0 Å². The smallest absolute Gasteiger partial charge is 0.161 e.